The summed E-state index contributed by atoms with van der Waals surface area (Å²) in [5.41, 5.74) is -0.200. The molecule has 2 aliphatic rings. The van der Waals surface area contributed by atoms with Crippen LogP contribution in [0.15, 0.2) is 30.6 Å². The molecule has 8 nitrogen and oxygen atoms in total. The number of alkyl halides is 3. The minimum atomic E-state index is -4.46. The molecule has 2 aliphatic heterocycles. The van der Waals surface area contributed by atoms with E-state index in [-0.39, 0.29) is 22.2 Å². The third kappa shape index (κ3) is 5.61. The van der Waals surface area contributed by atoms with Crippen molar-refractivity contribution in [2.24, 2.45) is 5.41 Å². The summed E-state index contributed by atoms with van der Waals surface area (Å²) >= 11 is 5.90. The normalized spacial score (nSPS) is 21.8. The van der Waals surface area contributed by atoms with Gasteiger partial charge >= 0.3 is 12.2 Å². The number of hydrogen-bond donors (Lipinski definition) is 1. The number of aromatic nitrogens is 2. The molecule has 0 bridgehead atoms. The highest BCUT2D eigenvalue weighted by molar-refractivity contribution is 7.92. The molecular formula is C20H23ClF3N5O3S. The summed E-state index contributed by atoms with van der Waals surface area (Å²) in [5, 5.41) is 4.00. The van der Waals surface area contributed by atoms with E-state index in [2.05, 4.69) is 14.7 Å². The van der Waals surface area contributed by atoms with Crippen molar-refractivity contribution in [2.45, 2.75) is 25.6 Å². The van der Waals surface area contributed by atoms with Crippen LogP contribution in [0.25, 0.3) is 0 Å². The third-order valence-corrected chi connectivity index (χ3v) is 6.82. The van der Waals surface area contributed by atoms with Gasteiger partial charge in [-0.2, -0.15) is 23.0 Å². The topological polar surface area (TPSA) is 87.5 Å². The molecule has 0 aliphatic carbocycles. The van der Waals surface area contributed by atoms with Crippen LogP contribution in [0.3, 0.4) is 0 Å². The number of rotatable bonds is 4. The molecule has 1 N–H and O–H groups in total. The minimum absolute atomic E-state index is 0.0512. The summed E-state index contributed by atoms with van der Waals surface area (Å²) in [6.45, 7) is 2.74. The van der Waals surface area contributed by atoms with Crippen LogP contribution in [0.5, 0.6) is 0 Å². The first-order valence-electron chi connectivity index (χ1n) is 10.2. The Labute approximate surface area is 194 Å². The smallest absolute Gasteiger partial charge is 0.322 e. The number of carbonyl (C=O) groups is 1. The number of hydrogen-bond acceptors (Lipinski definition) is 5. The molecule has 3 heterocycles. The van der Waals surface area contributed by atoms with Crippen LogP contribution in [0, 0.1) is 5.41 Å². The fourth-order valence-electron chi connectivity index (χ4n) is 4.60. The number of nitrogens with zero attached hydrogens (tertiary/aromatic N) is 4. The van der Waals surface area contributed by atoms with Gasteiger partial charge in [0, 0.05) is 36.6 Å². The first-order chi connectivity index (χ1) is 15.3. The third-order valence-electron chi connectivity index (χ3n) is 6.00. The highest BCUT2D eigenvalue weighted by atomic mass is 35.5. The summed E-state index contributed by atoms with van der Waals surface area (Å²) in [5.74, 6) is 0. The van der Waals surface area contributed by atoms with E-state index in [4.69, 9.17) is 11.6 Å². The van der Waals surface area contributed by atoms with Gasteiger partial charge in [0.05, 0.1) is 29.9 Å². The van der Waals surface area contributed by atoms with E-state index in [0.717, 1.165) is 35.9 Å². The Morgan fingerprint density at radius 3 is 2.64 bits per heavy atom. The van der Waals surface area contributed by atoms with Crippen LogP contribution in [0.2, 0.25) is 5.02 Å². The van der Waals surface area contributed by atoms with Crippen LogP contribution < -0.4 is 4.72 Å². The second-order valence-corrected chi connectivity index (χ2v) is 11.0. The maximum atomic E-state index is 13.1. The van der Waals surface area contributed by atoms with Gasteiger partial charge in [0.2, 0.25) is 10.0 Å². The number of amides is 1. The summed E-state index contributed by atoms with van der Waals surface area (Å²) < 4.78 is 65.3. The number of likely N-dealkylation sites (tertiary alicyclic amines) is 2. The summed E-state index contributed by atoms with van der Waals surface area (Å²) in [4.78, 5) is 16.6. The first kappa shape index (κ1) is 23.8. The number of halogens is 4. The molecule has 1 aromatic heterocycles. The van der Waals surface area contributed by atoms with Crippen molar-refractivity contribution < 1.29 is 26.4 Å². The van der Waals surface area contributed by atoms with E-state index in [0.29, 0.717) is 38.3 Å². The zero-order valence-electron chi connectivity index (χ0n) is 17.8. The molecule has 1 amide bonds. The number of carbonyl (C=O) groups excluding carboxylic acids is 1. The molecule has 2 fully saturated rings. The monoisotopic (exact) mass is 505 g/mol. The largest absolute Gasteiger partial charge is 0.416 e. The Morgan fingerprint density at radius 1 is 1.21 bits per heavy atom. The second kappa shape index (κ2) is 8.48. The maximum absolute atomic E-state index is 13.1. The predicted octanol–water partition coefficient (Wildman–Crippen LogP) is 3.49. The van der Waals surface area contributed by atoms with Crippen molar-refractivity contribution in [3.8, 4) is 0 Å². The second-order valence-electron chi connectivity index (χ2n) is 8.81. The summed E-state index contributed by atoms with van der Waals surface area (Å²) in [7, 11) is -3.48. The van der Waals surface area contributed by atoms with Crippen LogP contribution in [-0.4, -0.2) is 66.5 Å². The SMILES string of the molecule is CS(=O)(=O)Nc1cnn(C(=O)N2CCC3(CCN(Cc4cc(Cl)cc(C(F)(F)F)c4)C3)C2)c1. The zero-order chi connectivity index (χ0) is 24.0. The summed E-state index contributed by atoms with van der Waals surface area (Å²) in [6.07, 6.45) is 0.740. The molecule has 13 heteroatoms. The quantitative estimate of drug-likeness (QED) is 0.687. The molecule has 0 saturated carbocycles. The average Bonchev–Trinajstić information content (AvgIpc) is 3.40. The lowest BCUT2D eigenvalue weighted by molar-refractivity contribution is -0.137. The lowest BCUT2D eigenvalue weighted by atomic mass is 9.86. The number of nitrogens with one attached hydrogen (secondary N) is 1. The number of sulfonamides is 1. The van der Waals surface area contributed by atoms with Gasteiger partial charge in [-0.15, -0.1) is 0 Å². The highest BCUT2D eigenvalue weighted by Gasteiger charge is 2.45. The van der Waals surface area contributed by atoms with Gasteiger partial charge in [0.1, 0.15) is 0 Å². The fraction of sp³-hybridized carbons (Fsp3) is 0.500. The summed E-state index contributed by atoms with van der Waals surface area (Å²) in [6, 6.07) is 3.24. The molecule has 1 unspecified atom stereocenters. The molecule has 1 atom stereocenters. The van der Waals surface area contributed by atoms with Crippen molar-refractivity contribution in [1.82, 2.24) is 19.6 Å². The average molecular weight is 506 g/mol. The van der Waals surface area contributed by atoms with Gasteiger partial charge in [-0.05, 0) is 43.1 Å². The lowest BCUT2D eigenvalue weighted by Gasteiger charge is -2.25. The van der Waals surface area contributed by atoms with Gasteiger partial charge < -0.3 is 4.90 Å². The van der Waals surface area contributed by atoms with Crippen molar-refractivity contribution in [3.05, 3.63) is 46.7 Å². The Balaban J connectivity index is 1.39. The zero-order valence-corrected chi connectivity index (χ0v) is 19.3. The van der Waals surface area contributed by atoms with E-state index >= 15 is 0 Å². The van der Waals surface area contributed by atoms with Gasteiger partial charge in [-0.1, -0.05) is 11.6 Å². The Bertz CT molecular complexity index is 1170. The van der Waals surface area contributed by atoms with E-state index in [1.807, 2.05) is 0 Å². The molecule has 2 aromatic rings. The fourth-order valence-corrected chi connectivity index (χ4v) is 5.39. The number of anilines is 1. The Hall–Kier alpha value is -2.31. The number of benzene rings is 1. The molecule has 4 rings (SSSR count). The van der Waals surface area contributed by atoms with Crippen LogP contribution in [-0.2, 0) is 22.7 Å². The van der Waals surface area contributed by atoms with E-state index in [1.54, 1.807) is 11.0 Å². The van der Waals surface area contributed by atoms with E-state index < -0.39 is 21.8 Å². The molecule has 33 heavy (non-hydrogen) atoms. The highest BCUT2D eigenvalue weighted by Crippen LogP contribution is 2.40. The van der Waals surface area contributed by atoms with Gasteiger partial charge in [0.25, 0.3) is 0 Å². The van der Waals surface area contributed by atoms with Gasteiger partial charge in [0.15, 0.2) is 0 Å². The minimum Gasteiger partial charge on any atom is -0.322 e. The Kier molecular flexibility index (Phi) is 6.12. The molecule has 2 saturated heterocycles. The maximum Gasteiger partial charge on any atom is 0.416 e. The van der Waals surface area contributed by atoms with Crippen LogP contribution in [0.1, 0.15) is 24.0 Å². The molecule has 1 spiro atoms. The molecular weight excluding hydrogens is 483 g/mol. The van der Waals surface area contributed by atoms with E-state index in [1.165, 1.54) is 12.4 Å². The van der Waals surface area contributed by atoms with Crippen LogP contribution >= 0.6 is 11.6 Å². The van der Waals surface area contributed by atoms with Crippen molar-refractivity contribution in [3.63, 3.8) is 0 Å². The van der Waals surface area contributed by atoms with Gasteiger partial charge in [-0.3, -0.25) is 9.62 Å². The van der Waals surface area contributed by atoms with Crippen molar-refractivity contribution in [2.75, 3.05) is 37.2 Å². The molecule has 180 valence electrons. The van der Waals surface area contributed by atoms with Crippen molar-refractivity contribution >= 4 is 33.3 Å². The van der Waals surface area contributed by atoms with Gasteiger partial charge in [-0.25, -0.2) is 13.2 Å². The van der Waals surface area contributed by atoms with E-state index in [9.17, 15) is 26.4 Å². The molecule has 1 aromatic carbocycles. The standard InChI is InChI=1S/C20H23ClF3N5O3S/c1-33(31,32)26-17-9-25-29(11-17)18(30)28-5-3-19(13-28)2-4-27(12-19)10-14-6-15(20(22,23)24)8-16(21)7-14/h6-9,11,26H,2-5,10,12-13H2,1H3. The lowest BCUT2D eigenvalue weighted by Crippen LogP contribution is -2.36. The predicted molar refractivity (Wildman–Crippen MR) is 116 cm³/mol. The Morgan fingerprint density at radius 2 is 1.94 bits per heavy atom. The molecule has 0 radical (unpaired) electrons. The van der Waals surface area contributed by atoms with Crippen LogP contribution in [0.4, 0.5) is 23.7 Å². The first-order valence-corrected chi connectivity index (χ1v) is 12.5. The van der Waals surface area contributed by atoms with Crippen molar-refractivity contribution in [1.29, 1.82) is 0 Å².